The lowest BCUT2D eigenvalue weighted by atomic mass is 10.3. The summed E-state index contributed by atoms with van der Waals surface area (Å²) in [5, 5.41) is 0. The molecule has 0 fully saturated rings. The molecule has 0 bridgehead atoms. The third-order valence-corrected chi connectivity index (χ3v) is 5.87. The lowest BCUT2D eigenvalue weighted by molar-refractivity contribution is 0.173. The molecule has 3 heterocycles. The van der Waals surface area contributed by atoms with Crippen molar-refractivity contribution in [2.75, 3.05) is 60.4 Å². The predicted octanol–water partition coefficient (Wildman–Crippen LogP) is 2.87. The van der Waals surface area contributed by atoms with Gasteiger partial charge in [0.1, 0.15) is 0 Å². The number of pyridine rings is 3. The molecule has 0 amide bonds. The van der Waals surface area contributed by atoms with Gasteiger partial charge in [0.05, 0.1) is 17.1 Å². The zero-order valence-electron chi connectivity index (χ0n) is 20.9. The van der Waals surface area contributed by atoms with E-state index >= 15 is 0 Å². The zero-order valence-corrected chi connectivity index (χ0v) is 20.9. The molecule has 0 saturated heterocycles. The van der Waals surface area contributed by atoms with Crippen LogP contribution in [0.2, 0.25) is 0 Å². The van der Waals surface area contributed by atoms with Gasteiger partial charge >= 0.3 is 0 Å². The van der Waals surface area contributed by atoms with Crippen LogP contribution >= 0.6 is 0 Å². The van der Waals surface area contributed by atoms with Crippen LogP contribution in [-0.2, 0) is 19.6 Å². The van der Waals surface area contributed by atoms with Crippen LogP contribution in [0.4, 0.5) is 0 Å². The van der Waals surface area contributed by atoms with Gasteiger partial charge in [-0.25, -0.2) is 0 Å². The van der Waals surface area contributed by atoms with Crippen molar-refractivity contribution in [2.45, 2.75) is 19.6 Å². The highest BCUT2D eigenvalue weighted by molar-refractivity contribution is 5.04. The lowest BCUT2D eigenvalue weighted by Gasteiger charge is -2.29. The third kappa shape index (κ3) is 10.1. The molecule has 3 aromatic rings. The molecule has 34 heavy (non-hydrogen) atoms. The first-order valence-electron chi connectivity index (χ1n) is 12.1. The molecule has 0 aliphatic heterocycles. The zero-order chi connectivity index (χ0) is 24.0. The van der Waals surface area contributed by atoms with Crippen molar-refractivity contribution in [3.63, 3.8) is 0 Å². The predicted molar refractivity (Wildman–Crippen MR) is 138 cm³/mol. The second-order valence-corrected chi connectivity index (χ2v) is 9.02. The smallest absolute Gasteiger partial charge is 0.0543 e. The van der Waals surface area contributed by atoms with Crippen LogP contribution in [0, 0.1) is 0 Å². The van der Waals surface area contributed by atoms with Crippen molar-refractivity contribution in [1.29, 1.82) is 0 Å². The normalized spacial score (nSPS) is 11.7. The van der Waals surface area contributed by atoms with Gasteiger partial charge in [0.25, 0.3) is 0 Å². The van der Waals surface area contributed by atoms with Gasteiger partial charge in [-0.05, 0) is 57.5 Å². The van der Waals surface area contributed by atoms with E-state index in [1.165, 1.54) is 0 Å². The van der Waals surface area contributed by atoms with Gasteiger partial charge in [0.15, 0.2) is 0 Å². The maximum absolute atomic E-state index is 4.46. The van der Waals surface area contributed by atoms with E-state index in [1.807, 2.05) is 36.8 Å². The molecule has 0 saturated carbocycles. The van der Waals surface area contributed by atoms with Gasteiger partial charge in [-0.1, -0.05) is 18.2 Å². The highest BCUT2D eigenvalue weighted by Crippen LogP contribution is 2.03. The number of hydrogen-bond acceptors (Lipinski definition) is 7. The van der Waals surface area contributed by atoms with Crippen LogP contribution in [-0.4, -0.2) is 95.0 Å². The van der Waals surface area contributed by atoms with Crippen molar-refractivity contribution in [2.24, 2.45) is 0 Å². The van der Waals surface area contributed by atoms with Gasteiger partial charge in [0.2, 0.25) is 0 Å². The fourth-order valence-corrected chi connectivity index (χ4v) is 3.81. The second kappa shape index (κ2) is 14.5. The monoisotopic (exact) mass is 461 g/mol. The quantitative estimate of drug-likeness (QED) is 0.345. The Balaban J connectivity index is 1.49. The molecule has 0 radical (unpaired) electrons. The van der Waals surface area contributed by atoms with E-state index in [0.717, 1.165) is 76.0 Å². The van der Waals surface area contributed by atoms with Crippen LogP contribution in [0.5, 0.6) is 0 Å². The van der Waals surface area contributed by atoms with Crippen LogP contribution in [0.15, 0.2) is 73.2 Å². The minimum Gasteiger partial charge on any atom is -0.300 e. The maximum atomic E-state index is 4.46. The summed E-state index contributed by atoms with van der Waals surface area (Å²) < 4.78 is 0. The summed E-state index contributed by atoms with van der Waals surface area (Å²) in [6, 6.07) is 18.3. The van der Waals surface area contributed by atoms with Crippen molar-refractivity contribution >= 4 is 0 Å². The van der Waals surface area contributed by atoms with Crippen molar-refractivity contribution in [1.82, 2.24) is 34.6 Å². The molecule has 7 heteroatoms. The van der Waals surface area contributed by atoms with E-state index in [2.05, 4.69) is 92.1 Å². The highest BCUT2D eigenvalue weighted by atomic mass is 15.2. The van der Waals surface area contributed by atoms with Gasteiger partial charge in [-0.15, -0.1) is 0 Å². The molecule has 0 N–H and O–H groups in total. The summed E-state index contributed by atoms with van der Waals surface area (Å²) in [5.74, 6) is 0. The summed E-state index contributed by atoms with van der Waals surface area (Å²) in [6.45, 7) is 8.70. The first-order chi connectivity index (χ1) is 16.6. The SMILES string of the molecule is CN(CCN(CCN(C)Cc1ccccn1)CCN(C)Cc1ccccn1)Cc1ccccn1. The number of hydrogen-bond donors (Lipinski definition) is 0. The summed E-state index contributed by atoms with van der Waals surface area (Å²) in [4.78, 5) is 23.0. The molecule has 0 unspecified atom stereocenters. The van der Waals surface area contributed by atoms with Gasteiger partial charge in [-0.3, -0.25) is 34.6 Å². The van der Waals surface area contributed by atoms with Crippen LogP contribution in [0.1, 0.15) is 17.1 Å². The Morgan fingerprint density at radius 3 is 1.06 bits per heavy atom. The number of nitrogens with zero attached hydrogens (tertiary/aromatic N) is 7. The minimum absolute atomic E-state index is 0.869. The minimum atomic E-state index is 0.869. The Labute approximate surface area is 205 Å². The average Bonchev–Trinajstić information content (AvgIpc) is 2.85. The molecule has 0 aliphatic rings. The highest BCUT2D eigenvalue weighted by Gasteiger charge is 2.11. The van der Waals surface area contributed by atoms with Gasteiger partial charge < -0.3 is 0 Å². The Kier molecular flexibility index (Phi) is 11.1. The standard InChI is InChI=1S/C27H39N7/c1-31(22-25-10-4-7-13-28-25)16-19-34(20-17-32(2)23-26-11-5-8-14-29-26)21-18-33(3)24-27-12-6-9-15-30-27/h4-15H,16-24H2,1-3H3. The number of rotatable bonds is 15. The second-order valence-electron chi connectivity index (χ2n) is 9.02. The van der Waals surface area contributed by atoms with E-state index in [1.54, 1.807) is 0 Å². The molecule has 0 spiro atoms. The van der Waals surface area contributed by atoms with Crippen molar-refractivity contribution in [3.05, 3.63) is 90.3 Å². The molecule has 182 valence electrons. The Bertz CT molecular complexity index is 786. The molecule has 0 aromatic carbocycles. The Morgan fingerprint density at radius 1 is 0.471 bits per heavy atom. The molecule has 3 aromatic heterocycles. The Hall–Kier alpha value is -2.71. The van der Waals surface area contributed by atoms with Gasteiger partial charge in [-0.2, -0.15) is 0 Å². The topological polar surface area (TPSA) is 51.6 Å². The molecule has 0 atom stereocenters. The summed E-state index contributed by atoms with van der Waals surface area (Å²) in [5.41, 5.74) is 3.34. The molecular formula is C27H39N7. The molecular weight excluding hydrogens is 422 g/mol. The van der Waals surface area contributed by atoms with Crippen LogP contribution < -0.4 is 0 Å². The maximum Gasteiger partial charge on any atom is 0.0543 e. The fourth-order valence-electron chi connectivity index (χ4n) is 3.81. The molecule has 0 aliphatic carbocycles. The third-order valence-electron chi connectivity index (χ3n) is 5.87. The summed E-state index contributed by atoms with van der Waals surface area (Å²) in [7, 11) is 6.52. The number of likely N-dealkylation sites (N-methyl/N-ethyl adjacent to an activating group) is 3. The number of aromatic nitrogens is 3. The fraction of sp³-hybridized carbons (Fsp3) is 0.444. The van der Waals surface area contributed by atoms with Crippen molar-refractivity contribution in [3.8, 4) is 0 Å². The van der Waals surface area contributed by atoms with E-state index in [9.17, 15) is 0 Å². The van der Waals surface area contributed by atoms with E-state index in [0.29, 0.717) is 0 Å². The first kappa shape index (κ1) is 25.9. The summed E-state index contributed by atoms with van der Waals surface area (Å²) in [6.07, 6.45) is 5.60. The van der Waals surface area contributed by atoms with Crippen LogP contribution in [0.25, 0.3) is 0 Å². The largest absolute Gasteiger partial charge is 0.300 e. The van der Waals surface area contributed by atoms with E-state index < -0.39 is 0 Å². The average molecular weight is 462 g/mol. The van der Waals surface area contributed by atoms with Crippen LogP contribution in [0.3, 0.4) is 0 Å². The van der Waals surface area contributed by atoms with Gasteiger partial charge in [0, 0.05) is 77.5 Å². The lowest BCUT2D eigenvalue weighted by Crippen LogP contribution is -2.41. The first-order valence-corrected chi connectivity index (χ1v) is 12.1. The Morgan fingerprint density at radius 2 is 0.794 bits per heavy atom. The molecule has 3 rings (SSSR count). The molecule has 7 nitrogen and oxygen atoms in total. The van der Waals surface area contributed by atoms with E-state index in [-0.39, 0.29) is 0 Å². The summed E-state index contributed by atoms with van der Waals surface area (Å²) >= 11 is 0. The van der Waals surface area contributed by atoms with E-state index in [4.69, 9.17) is 0 Å². The van der Waals surface area contributed by atoms with Crippen molar-refractivity contribution < 1.29 is 0 Å².